The summed E-state index contributed by atoms with van der Waals surface area (Å²) in [6.45, 7) is 1.13. The third-order valence-electron chi connectivity index (χ3n) is 2.97. The van der Waals surface area contributed by atoms with Crippen molar-refractivity contribution in [2.24, 2.45) is 0 Å². The number of likely N-dealkylation sites (tertiary alicyclic amines) is 1. The van der Waals surface area contributed by atoms with E-state index in [4.69, 9.17) is 10.1 Å². The highest BCUT2D eigenvalue weighted by Crippen LogP contribution is 2.14. The van der Waals surface area contributed by atoms with Crippen molar-refractivity contribution in [2.45, 2.75) is 12.8 Å². The van der Waals surface area contributed by atoms with Crippen molar-refractivity contribution in [3.63, 3.8) is 0 Å². The lowest BCUT2D eigenvalue weighted by Crippen LogP contribution is -3.00. The normalized spacial score (nSPS) is 14.3. The van der Waals surface area contributed by atoms with Gasteiger partial charge in [-0.05, 0) is 30.7 Å². The number of methoxy groups -OCH3 is 1. The highest BCUT2D eigenvalue weighted by molar-refractivity contribution is 5.99. The van der Waals surface area contributed by atoms with E-state index in [0.717, 1.165) is 25.1 Å². The monoisotopic (exact) mass is 311 g/mol. The molecule has 0 atom stereocenters. The number of carbonyl (C=O) groups is 1. The molecule has 0 bridgehead atoms. The topological polar surface area (TPSA) is 53.4 Å². The Labute approximate surface area is 117 Å². The minimum atomic E-state index is 0. The number of halogens is 1. The molecule has 1 N–H and O–H groups in total. The first kappa shape index (κ1) is 14.7. The van der Waals surface area contributed by atoms with Crippen molar-refractivity contribution in [1.29, 1.82) is 5.41 Å². The molecule has 1 aliphatic rings. The van der Waals surface area contributed by atoms with Crippen molar-refractivity contribution in [3.8, 4) is 5.75 Å². The lowest BCUT2D eigenvalue weighted by molar-refractivity contribution is -0.0000119. The van der Waals surface area contributed by atoms with Crippen LogP contribution in [0.15, 0.2) is 24.3 Å². The van der Waals surface area contributed by atoms with Crippen molar-refractivity contribution < 1.29 is 26.5 Å². The number of hydrogen-bond acceptors (Lipinski definition) is 3. The first-order valence-electron chi connectivity index (χ1n) is 5.70. The molecule has 0 saturated carbocycles. The first-order valence-corrected chi connectivity index (χ1v) is 5.70. The molecular formula is C13H16BrN2O2-. The van der Waals surface area contributed by atoms with Gasteiger partial charge in [0, 0.05) is 18.5 Å². The zero-order chi connectivity index (χ0) is 12.3. The van der Waals surface area contributed by atoms with E-state index in [9.17, 15) is 4.79 Å². The van der Waals surface area contributed by atoms with E-state index in [0.29, 0.717) is 17.9 Å². The maximum Gasteiger partial charge on any atom is 0.182 e. The molecule has 0 amide bonds. The van der Waals surface area contributed by atoms with Crippen LogP contribution >= 0.6 is 0 Å². The Morgan fingerprint density at radius 3 is 2.56 bits per heavy atom. The molecule has 4 nitrogen and oxygen atoms in total. The predicted molar refractivity (Wildman–Crippen MR) is 65.9 cm³/mol. The summed E-state index contributed by atoms with van der Waals surface area (Å²) in [5.74, 6) is 1.38. The molecule has 0 aromatic heterocycles. The Balaban J connectivity index is 0.00000162. The average Bonchev–Trinajstić information content (AvgIpc) is 2.75. The number of hydrogen-bond donors (Lipinski definition) is 1. The smallest absolute Gasteiger partial charge is 0.182 e. The lowest BCUT2D eigenvalue weighted by Gasteiger charge is -2.16. The van der Waals surface area contributed by atoms with Crippen molar-refractivity contribution in [3.05, 3.63) is 29.8 Å². The summed E-state index contributed by atoms with van der Waals surface area (Å²) in [5.41, 5.74) is 0.672. The number of amidine groups is 1. The van der Waals surface area contributed by atoms with Crippen molar-refractivity contribution in [2.75, 3.05) is 20.2 Å². The van der Waals surface area contributed by atoms with Crippen LogP contribution in [0.5, 0.6) is 5.75 Å². The minimum Gasteiger partial charge on any atom is -1.00 e. The Bertz CT molecular complexity index is 431. The second-order valence-electron chi connectivity index (χ2n) is 4.12. The van der Waals surface area contributed by atoms with Gasteiger partial charge in [0.1, 0.15) is 5.75 Å². The van der Waals surface area contributed by atoms with E-state index in [2.05, 4.69) is 0 Å². The van der Waals surface area contributed by atoms with E-state index in [1.165, 1.54) is 0 Å². The van der Waals surface area contributed by atoms with Gasteiger partial charge in [0.2, 0.25) is 0 Å². The fourth-order valence-corrected chi connectivity index (χ4v) is 1.95. The largest absolute Gasteiger partial charge is 1.00 e. The highest BCUT2D eigenvalue weighted by Gasteiger charge is 2.19. The van der Waals surface area contributed by atoms with Gasteiger partial charge in [0.05, 0.1) is 19.5 Å². The molecule has 18 heavy (non-hydrogen) atoms. The molecule has 5 heteroatoms. The van der Waals surface area contributed by atoms with E-state index >= 15 is 0 Å². The van der Waals surface area contributed by atoms with Gasteiger partial charge in [-0.3, -0.25) is 10.2 Å². The number of ketones is 1. The Hall–Kier alpha value is -1.36. The fraction of sp³-hybridized carbons (Fsp3) is 0.385. The Kier molecular flexibility index (Phi) is 5.34. The van der Waals surface area contributed by atoms with Crippen LogP contribution in [-0.4, -0.2) is 36.7 Å². The molecule has 98 valence electrons. The summed E-state index contributed by atoms with van der Waals surface area (Å²) in [7, 11) is 1.60. The lowest BCUT2D eigenvalue weighted by atomic mass is 10.1. The van der Waals surface area contributed by atoms with Gasteiger partial charge in [-0.1, -0.05) is 0 Å². The maximum absolute atomic E-state index is 12.0. The second kappa shape index (κ2) is 6.54. The van der Waals surface area contributed by atoms with E-state index in [-0.39, 0.29) is 22.8 Å². The van der Waals surface area contributed by atoms with Gasteiger partial charge in [-0.15, -0.1) is 0 Å². The summed E-state index contributed by atoms with van der Waals surface area (Å²) < 4.78 is 5.04. The van der Waals surface area contributed by atoms with Gasteiger partial charge >= 0.3 is 0 Å². The average molecular weight is 312 g/mol. The molecule has 1 fully saturated rings. The zero-order valence-corrected chi connectivity index (χ0v) is 11.9. The van der Waals surface area contributed by atoms with Crippen LogP contribution in [0.4, 0.5) is 0 Å². The molecule has 1 heterocycles. The van der Waals surface area contributed by atoms with Gasteiger partial charge in [-0.25, -0.2) is 0 Å². The molecule has 0 radical (unpaired) electrons. The Morgan fingerprint density at radius 1 is 1.39 bits per heavy atom. The quantitative estimate of drug-likeness (QED) is 0.722. The zero-order valence-electron chi connectivity index (χ0n) is 10.3. The van der Waals surface area contributed by atoms with Gasteiger partial charge in [0.25, 0.3) is 0 Å². The number of nitrogens with zero attached hydrogens (tertiary/aromatic N) is 1. The van der Waals surface area contributed by atoms with Gasteiger partial charge < -0.3 is 26.6 Å². The molecule has 2 rings (SSSR count). The summed E-state index contributed by atoms with van der Waals surface area (Å²) >= 11 is 0. The Morgan fingerprint density at radius 2 is 2.06 bits per heavy atom. The van der Waals surface area contributed by atoms with Crippen LogP contribution in [0.2, 0.25) is 0 Å². The van der Waals surface area contributed by atoms with Crippen molar-refractivity contribution >= 4 is 11.6 Å². The van der Waals surface area contributed by atoms with E-state index < -0.39 is 0 Å². The molecule has 1 aromatic rings. The second-order valence-corrected chi connectivity index (χ2v) is 4.12. The van der Waals surface area contributed by atoms with E-state index in [1.807, 2.05) is 4.90 Å². The number of Topliss-reactive ketones (excluding diaryl/α,β-unsaturated/α-hetero) is 1. The van der Waals surface area contributed by atoms with Crippen LogP contribution in [-0.2, 0) is 0 Å². The SMILES string of the molecule is COc1ccc(C(=O)CN2CCCC2=N)cc1.[Br-]. The summed E-state index contributed by atoms with van der Waals surface area (Å²) in [6.07, 6.45) is 1.77. The molecule has 0 aliphatic carbocycles. The third-order valence-corrected chi connectivity index (χ3v) is 2.97. The third kappa shape index (κ3) is 3.32. The minimum absolute atomic E-state index is 0. The van der Waals surface area contributed by atoms with Gasteiger partial charge in [-0.2, -0.15) is 0 Å². The molecule has 1 saturated heterocycles. The standard InChI is InChI=1S/C13H16N2O2.BrH/c1-17-11-6-4-10(5-7-11)12(16)9-15-8-2-3-13(15)14;/h4-7,14H,2-3,8-9H2,1H3;1H/p-1. The predicted octanol–water partition coefficient (Wildman–Crippen LogP) is -1.05. The van der Waals surface area contributed by atoms with Crippen LogP contribution in [0.3, 0.4) is 0 Å². The molecular weight excluding hydrogens is 296 g/mol. The van der Waals surface area contributed by atoms with E-state index in [1.54, 1.807) is 31.4 Å². The van der Waals surface area contributed by atoms with Crippen LogP contribution < -0.4 is 21.7 Å². The van der Waals surface area contributed by atoms with Crippen LogP contribution in [0, 0.1) is 5.41 Å². The molecule has 1 aromatic carbocycles. The summed E-state index contributed by atoms with van der Waals surface area (Å²) in [4.78, 5) is 13.8. The number of benzene rings is 1. The van der Waals surface area contributed by atoms with Gasteiger partial charge in [0.15, 0.2) is 5.78 Å². The van der Waals surface area contributed by atoms with Crippen LogP contribution in [0.1, 0.15) is 23.2 Å². The molecule has 1 aliphatic heterocycles. The summed E-state index contributed by atoms with van der Waals surface area (Å²) in [6, 6.07) is 7.09. The number of carbonyl (C=O) groups excluding carboxylic acids is 1. The maximum atomic E-state index is 12.0. The van der Waals surface area contributed by atoms with Crippen molar-refractivity contribution in [1.82, 2.24) is 4.90 Å². The highest BCUT2D eigenvalue weighted by atomic mass is 79.9. The number of ether oxygens (including phenoxy) is 1. The molecule has 0 spiro atoms. The first-order chi connectivity index (χ1) is 8.20. The number of nitrogens with one attached hydrogen (secondary N) is 1. The van der Waals surface area contributed by atoms with Crippen LogP contribution in [0.25, 0.3) is 0 Å². The number of rotatable bonds is 4. The molecule has 0 unspecified atom stereocenters. The fourth-order valence-electron chi connectivity index (χ4n) is 1.95. The summed E-state index contributed by atoms with van der Waals surface area (Å²) in [5, 5.41) is 7.68.